The molecule has 0 aliphatic rings. The van der Waals surface area contributed by atoms with Gasteiger partial charge in [0.1, 0.15) is 31.0 Å². The van der Waals surface area contributed by atoms with E-state index in [1.54, 1.807) is 0 Å². The highest BCUT2D eigenvalue weighted by atomic mass is 16.4. The Bertz CT molecular complexity index is 316. The zero-order valence-electron chi connectivity index (χ0n) is 12.2. The smallest absolute Gasteiger partial charge is 0.320 e. The first-order valence-electron chi connectivity index (χ1n) is 6.69. The third kappa shape index (κ3) is 10.6. The molecular weight excluding hydrogens is 300 g/mol. The van der Waals surface area contributed by atoms with Crippen molar-refractivity contribution in [1.82, 2.24) is 0 Å². The Hall–Kier alpha value is -1.14. The number of hydrogen-bond donors (Lipinski definition) is 8. The number of rotatable bonds is 10. The summed E-state index contributed by atoms with van der Waals surface area (Å²) >= 11 is 0. The van der Waals surface area contributed by atoms with Crippen LogP contribution in [0.3, 0.4) is 0 Å². The van der Waals surface area contributed by atoms with E-state index >= 15 is 0 Å². The SMILES string of the molecule is NCCCCC(N)C(=O)O.O=C(CO)[C@H](O)[C@@H](O)[C@H](O)CO. The molecule has 0 aliphatic heterocycles. The highest BCUT2D eigenvalue weighted by Gasteiger charge is 2.28. The van der Waals surface area contributed by atoms with Crippen LogP contribution in [-0.2, 0) is 9.59 Å². The van der Waals surface area contributed by atoms with E-state index in [9.17, 15) is 9.59 Å². The van der Waals surface area contributed by atoms with E-state index in [-0.39, 0.29) is 0 Å². The zero-order chi connectivity index (χ0) is 17.7. The van der Waals surface area contributed by atoms with Crippen LogP contribution in [-0.4, -0.2) is 86.5 Å². The molecule has 132 valence electrons. The van der Waals surface area contributed by atoms with Gasteiger partial charge in [0.15, 0.2) is 5.78 Å². The van der Waals surface area contributed by atoms with Crippen molar-refractivity contribution in [3.8, 4) is 0 Å². The summed E-state index contributed by atoms with van der Waals surface area (Å²) in [5.74, 6) is -1.94. The van der Waals surface area contributed by atoms with E-state index in [2.05, 4.69) is 0 Å². The van der Waals surface area contributed by atoms with E-state index in [0.717, 1.165) is 12.8 Å². The number of Topliss-reactive ketones (excluding diaryl/α,β-unsaturated/α-hetero) is 1. The number of carboxylic acids is 1. The van der Waals surface area contributed by atoms with Crippen molar-refractivity contribution in [2.45, 2.75) is 43.6 Å². The van der Waals surface area contributed by atoms with Gasteiger partial charge in [-0.05, 0) is 19.4 Å². The van der Waals surface area contributed by atoms with Gasteiger partial charge in [-0.25, -0.2) is 0 Å². The van der Waals surface area contributed by atoms with Gasteiger partial charge in [-0.3, -0.25) is 9.59 Å². The number of aliphatic hydroxyl groups excluding tert-OH is 5. The molecule has 0 spiro atoms. The minimum atomic E-state index is -1.86. The second-order valence-electron chi connectivity index (χ2n) is 4.54. The molecular formula is C12H26N2O8. The van der Waals surface area contributed by atoms with Crippen LogP contribution in [0.5, 0.6) is 0 Å². The summed E-state index contributed by atoms with van der Waals surface area (Å²) in [6.45, 7) is -1.08. The van der Waals surface area contributed by atoms with E-state index < -0.39 is 49.3 Å². The fourth-order valence-electron chi connectivity index (χ4n) is 1.23. The molecule has 0 aliphatic carbocycles. The van der Waals surface area contributed by atoms with Gasteiger partial charge < -0.3 is 42.1 Å². The van der Waals surface area contributed by atoms with Gasteiger partial charge in [0.2, 0.25) is 0 Å². The molecule has 0 bridgehead atoms. The number of ketones is 1. The summed E-state index contributed by atoms with van der Waals surface area (Å²) in [4.78, 5) is 20.7. The number of carboxylic acid groups (broad SMARTS) is 1. The lowest BCUT2D eigenvalue weighted by molar-refractivity contribution is -0.142. The average molecular weight is 326 g/mol. The van der Waals surface area contributed by atoms with E-state index in [1.165, 1.54) is 0 Å². The lowest BCUT2D eigenvalue weighted by Crippen LogP contribution is -2.44. The van der Waals surface area contributed by atoms with Crippen LogP contribution in [0.25, 0.3) is 0 Å². The molecule has 4 atom stereocenters. The summed E-state index contributed by atoms with van der Waals surface area (Å²) in [6.07, 6.45) is -3.06. The summed E-state index contributed by atoms with van der Waals surface area (Å²) < 4.78 is 0. The molecule has 0 aromatic rings. The molecule has 10 nitrogen and oxygen atoms in total. The number of nitrogens with two attached hydrogens (primary N) is 2. The molecule has 0 radical (unpaired) electrons. The molecule has 0 amide bonds. The van der Waals surface area contributed by atoms with Gasteiger partial charge >= 0.3 is 5.97 Å². The Labute approximate surface area is 128 Å². The molecule has 0 saturated heterocycles. The molecule has 0 saturated carbocycles. The minimum Gasteiger partial charge on any atom is -0.480 e. The fraction of sp³-hybridized carbons (Fsp3) is 0.833. The largest absolute Gasteiger partial charge is 0.480 e. The first-order chi connectivity index (χ1) is 10.2. The van der Waals surface area contributed by atoms with Crippen molar-refractivity contribution < 1.29 is 40.2 Å². The van der Waals surface area contributed by atoms with Crippen LogP contribution in [0.15, 0.2) is 0 Å². The number of hydrogen-bond acceptors (Lipinski definition) is 9. The van der Waals surface area contributed by atoms with Gasteiger partial charge in [0.05, 0.1) is 6.61 Å². The fourth-order valence-corrected chi connectivity index (χ4v) is 1.23. The third-order valence-electron chi connectivity index (χ3n) is 2.68. The van der Waals surface area contributed by atoms with Crippen molar-refractivity contribution in [1.29, 1.82) is 0 Å². The van der Waals surface area contributed by atoms with Crippen LogP contribution in [0.1, 0.15) is 19.3 Å². The number of aliphatic carboxylic acids is 1. The molecule has 22 heavy (non-hydrogen) atoms. The Morgan fingerprint density at radius 3 is 1.95 bits per heavy atom. The highest BCUT2D eigenvalue weighted by Crippen LogP contribution is 2.00. The topological polar surface area (TPSA) is 208 Å². The molecule has 10 N–H and O–H groups in total. The summed E-state index contributed by atoms with van der Waals surface area (Å²) in [7, 11) is 0. The van der Waals surface area contributed by atoms with Gasteiger partial charge in [0, 0.05) is 0 Å². The van der Waals surface area contributed by atoms with Crippen LogP contribution in [0.4, 0.5) is 0 Å². The van der Waals surface area contributed by atoms with E-state index in [0.29, 0.717) is 13.0 Å². The lowest BCUT2D eigenvalue weighted by atomic mass is 10.1. The molecule has 10 heteroatoms. The molecule has 0 aromatic carbocycles. The van der Waals surface area contributed by atoms with Gasteiger partial charge in [-0.2, -0.15) is 0 Å². The predicted molar refractivity (Wildman–Crippen MR) is 75.7 cm³/mol. The van der Waals surface area contributed by atoms with Gasteiger partial charge in [0.25, 0.3) is 0 Å². The Kier molecular flexibility index (Phi) is 14.2. The number of carbonyl (C=O) groups is 2. The van der Waals surface area contributed by atoms with E-state index in [1.807, 2.05) is 0 Å². The molecule has 0 aromatic heterocycles. The first kappa shape index (κ1) is 23.1. The van der Waals surface area contributed by atoms with Crippen molar-refractivity contribution in [3.05, 3.63) is 0 Å². The van der Waals surface area contributed by atoms with Crippen molar-refractivity contribution in [2.24, 2.45) is 11.5 Å². The van der Waals surface area contributed by atoms with Crippen molar-refractivity contribution >= 4 is 11.8 Å². The number of aliphatic hydroxyl groups is 5. The monoisotopic (exact) mass is 326 g/mol. The van der Waals surface area contributed by atoms with Crippen LogP contribution in [0, 0.1) is 0 Å². The zero-order valence-corrected chi connectivity index (χ0v) is 12.2. The standard InChI is InChI=1S/C6H14N2O2.C6H12O6/c7-4-2-1-3-5(8)6(9)10;7-1-3(9)5(11)6(12)4(10)2-8/h5H,1-4,7-8H2,(H,9,10);3,5-9,11-12H,1-2H2/t;3-,5+,6+/m.1/s1. The maximum Gasteiger partial charge on any atom is 0.320 e. The third-order valence-corrected chi connectivity index (χ3v) is 2.68. The molecule has 1 unspecified atom stereocenters. The van der Waals surface area contributed by atoms with Crippen LogP contribution < -0.4 is 11.5 Å². The van der Waals surface area contributed by atoms with Gasteiger partial charge in [-0.15, -0.1) is 0 Å². The normalized spacial score (nSPS) is 16.0. The van der Waals surface area contributed by atoms with Crippen molar-refractivity contribution in [3.63, 3.8) is 0 Å². The van der Waals surface area contributed by atoms with Crippen LogP contribution in [0.2, 0.25) is 0 Å². The van der Waals surface area contributed by atoms with Gasteiger partial charge in [-0.1, -0.05) is 6.42 Å². The summed E-state index contributed by atoms with van der Waals surface area (Å²) in [6, 6.07) is -0.716. The summed E-state index contributed by atoms with van der Waals surface area (Å²) in [5, 5.41) is 51.4. The Morgan fingerprint density at radius 2 is 1.59 bits per heavy atom. The van der Waals surface area contributed by atoms with Crippen molar-refractivity contribution in [2.75, 3.05) is 19.8 Å². The Morgan fingerprint density at radius 1 is 1.05 bits per heavy atom. The average Bonchev–Trinajstić information content (AvgIpc) is 2.52. The second kappa shape index (κ2) is 13.5. The number of unbranched alkanes of at least 4 members (excludes halogenated alkanes) is 1. The Balaban J connectivity index is 0. The molecule has 0 fully saturated rings. The molecule has 0 heterocycles. The number of carbonyl (C=O) groups excluding carboxylic acids is 1. The minimum absolute atomic E-state index is 0.520. The lowest BCUT2D eigenvalue weighted by Gasteiger charge is -2.19. The highest BCUT2D eigenvalue weighted by molar-refractivity contribution is 5.84. The van der Waals surface area contributed by atoms with E-state index in [4.69, 9.17) is 42.1 Å². The maximum absolute atomic E-state index is 10.5. The predicted octanol–water partition coefficient (Wildman–Crippen LogP) is -3.85. The quantitative estimate of drug-likeness (QED) is 0.183. The molecule has 0 rings (SSSR count). The first-order valence-corrected chi connectivity index (χ1v) is 6.69. The van der Waals surface area contributed by atoms with Crippen LogP contribution >= 0.6 is 0 Å². The second-order valence-corrected chi connectivity index (χ2v) is 4.54. The summed E-state index contributed by atoms with van der Waals surface area (Å²) in [5.41, 5.74) is 10.4. The maximum atomic E-state index is 10.5.